The quantitative estimate of drug-likeness (QED) is 0.749. The summed E-state index contributed by atoms with van der Waals surface area (Å²) < 4.78 is 0. The second kappa shape index (κ2) is 4.10. The van der Waals surface area contributed by atoms with E-state index >= 15 is 0 Å². The third kappa shape index (κ3) is 1.63. The standard InChI is InChI=1S/C11H17N5O/c1-2-9-8-4-12-3-7(8)5-16(9)11(17)10-13-6-14-15-10/h6-9,12H,2-5H2,1H3,(H,13,14,15). The van der Waals surface area contributed by atoms with Gasteiger partial charge in [0.1, 0.15) is 6.33 Å². The molecule has 6 nitrogen and oxygen atoms in total. The fraction of sp³-hybridized carbons (Fsp3) is 0.727. The molecular weight excluding hydrogens is 218 g/mol. The summed E-state index contributed by atoms with van der Waals surface area (Å²) in [5.74, 6) is 1.55. The Balaban J connectivity index is 1.81. The Kier molecular flexibility index (Phi) is 2.58. The van der Waals surface area contributed by atoms with E-state index in [0.717, 1.165) is 26.1 Å². The molecule has 92 valence electrons. The van der Waals surface area contributed by atoms with Crippen molar-refractivity contribution in [2.45, 2.75) is 19.4 Å². The van der Waals surface area contributed by atoms with Crippen LogP contribution in [0, 0.1) is 11.8 Å². The molecule has 1 aromatic rings. The van der Waals surface area contributed by atoms with Crippen molar-refractivity contribution in [1.82, 2.24) is 25.4 Å². The van der Waals surface area contributed by atoms with Crippen LogP contribution in [-0.4, -0.2) is 51.7 Å². The van der Waals surface area contributed by atoms with Crippen molar-refractivity contribution < 1.29 is 4.79 Å². The number of amides is 1. The summed E-state index contributed by atoms with van der Waals surface area (Å²) in [6, 6.07) is 0.340. The highest BCUT2D eigenvalue weighted by molar-refractivity contribution is 5.90. The molecule has 0 aromatic carbocycles. The zero-order valence-corrected chi connectivity index (χ0v) is 9.89. The number of hydrogen-bond donors (Lipinski definition) is 2. The van der Waals surface area contributed by atoms with Gasteiger partial charge >= 0.3 is 0 Å². The van der Waals surface area contributed by atoms with E-state index < -0.39 is 0 Å². The molecule has 6 heteroatoms. The summed E-state index contributed by atoms with van der Waals surface area (Å²) >= 11 is 0. The number of nitrogens with one attached hydrogen (secondary N) is 2. The molecule has 0 radical (unpaired) electrons. The molecule has 3 atom stereocenters. The van der Waals surface area contributed by atoms with Crippen LogP contribution in [0.2, 0.25) is 0 Å². The Hall–Kier alpha value is -1.43. The molecule has 2 saturated heterocycles. The molecule has 3 rings (SSSR count). The molecule has 1 aromatic heterocycles. The lowest BCUT2D eigenvalue weighted by Gasteiger charge is -2.25. The highest BCUT2D eigenvalue weighted by Gasteiger charge is 2.45. The number of aromatic amines is 1. The summed E-state index contributed by atoms with van der Waals surface area (Å²) in [5.41, 5.74) is 0. The van der Waals surface area contributed by atoms with E-state index in [2.05, 4.69) is 27.4 Å². The Morgan fingerprint density at radius 2 is 2.47 bits per heavy atom. The van der Waals surface area contributed by atoms with Crippen LogP contribution in [0.1, 0.15) is 24.0 Å². The van der Waals surface area contributed by atoms with Crippen molar-refractivity contribution in [1.29, 1.82) is 0 Å². The van der Waals surface area contributed by atoms with Crippen molar-refractivity contribution in [3.05, 3.63) is 12.2 Å². The lowest BCUT2D eigenvalue weighted by molar-refractivity contribution is 0.0699. The molecule has 3 heterocycles. The molecule has 2 N–H and O–H groups in total. The van der Waals surface area contributed by atoms with Gasteiger partial charge in [0.25, 0.3) is 5.91 Å². The van der Waals surface area contributed by atoms with Gasteiger partial charge in [0.15, 0.2) is 0 Å². The first kappa shape index (κ1) is 10.7. The zero-order chi connectivity index (χ0) is 11.8. The number of fused-ring (bicyclic) bond motifs is 1. The number of H-pyrrole nitrogens is 1. The maximum Gasteiger partial charge on any atom is 0.291 e. The summed E-state index contributed by atoms with van der Waals surface area (Å²) in [7, 11) is 0. The second-order valence-electron chi connectivity index (χ2n) is 4.85. The predicted octanol–water partition coefficient (Wildman–Crippen LogP) is -0.125. The Morgan fingerprint density at radius 1 is 1.59 bits per heavy atom. The van der Waals surface area contributed by atoms with E-state index in [0.29, 0.717) is 23.7 Å². The van der Waals surface area contributed by atoms with Gasteiger partial charge in [-0.15, -0.1) is 0 Å². The molecule has 0 spiro atoms. The van der Waals surface area contributed by atoms with Crippen LogP contribution in [0.3, 0.4) is 0 Å². The Bertz CT molecular complexity index is 404. The number of carbonyl (C=O) groups is 1. The maximum absolute atomic E-state index is 12.3. The molecule has 1 amide bonds. The molecule has 2 aliphatic heterocycles. The summed E-state index contributed by atoms with van der Waals surface area (Å²) in [4.78, 5) is 18.2. The average molecular weight is 235 g/mol. The highest BCUT2D eigenvalue weighted by atomic mass is 16.2. The van der Waals surface area contributed by atoms with Crippen molar-refractivity contribution in [2.24, 2.45) is 11.8 Å². The summed E-state index contributed by atoms with van der Waals surface area (Å²) in [5, 5.41) is 9.81. The van der Waals surface area contributed by atoms with Gasteiger partial charge in [0.05, 0.1) is 0 Å². The minimum absolute atomic E-state index is 0.0104. The number of nitrogens with zero attached hydrogens (tertiary/aromatic N) is 3. The molecular formula is C11H17N5O. The number of aromatic nitrogens is 3. The number of hydrogen-bond acceptors (Lipinski definition) is 4. The molecule has 0 bridgehead atoms. The fourth-order valence-corrected chi connectivity index (χ4v) is 3.22. The van der Waals surface area contributed by atoms with Crippen molar-refractivity contribution >= 4 is 5.91 Å². The predicted molar refractivity (Wildman–Crippen MR) is 61.3 cm³/mol. The number of carbonyl (C=O) groups excluding carboxylic acids is 1. The van der Waals surface area contributed by atoms with E-state index in [-0.39, 0.29) is 5.91 Å². The van der Waals surface area contributed by atoms with Gasteiger partial charge in [0, 0.05) is 25.7 Å². The van der Waals surface area contributed by atoms with Crippen LogP contribution in [0.4, 0.5) is 0 Å². The van der Waals surface area contributed by atoms with Gasteiger partial charge < -0.3 is 10.2 Å². The van der Waals surface area contributed by atoms with Crippen LogP contribution in [-0.2, 0) is 0 Å². The largest absolute Gasteiger partial charge is 0.332 e. The first-order valence-electron chi connectivity index (χ1n) is 6.18. The smallest absolute Gasteiger partial charge is 0.291 e. The van der Waals surface area contributed by atoms with Crippen molar-refractivity contribution in [2.75, 3.05) is 19.6 Å². The topological polar surface area (TPSA) is 73.9 Å². The lowest BCUT2D eigenvalue weighted by atomic mass is 9.93. The van der Waals surface area contributed by atoms with Crippen LogP contribution in [0.5, 0.6) is 0 Å². The van der Waals surface area contributed by atoms with Gasteiger partial charge in [-0.2, -0.15) is 5.10 Å². The van der Waals surface area contributed by atoms with Crippen molar-refractivity contribution in [3.8, 4) is 0 Å². The van der Waals surface area contributed by atoms with Crippen LogP contribution in [0.15, 0.2) is 6.33 Å². The zero-order valence-electron chi connectivity index (χ0n) is 9.89. The third-order valence-corrected chi connectivity index (χ3v) is 4.01. The normalized spacial score (nSPS) is 31.8. The third-order valence-electron chi connectivity index (χ3n) is 4.01. The van der Waals surface area contributed by atoms with Crippen LogP contribution in [0.25, 0.3) is 0 Å². The van der Waals surface area contributed by atoms with E-state index in [4.69, 9.17) is 0 Å². The van der Waals surface area contributed by atoms with Gasteiger partial charge in [0.2, 0.25) is 5.82 Å². The molecule has 3 unspecified atom stereocenters. The molecule has 0 saturated carbocycles. The first-order chi connectivity index (χ1) is 8.31. The molecule has 2 fully saturated rings. The Morgan fingerprint density at radius 3 is 3.18 bits per heavy atom. The second-order valence-corrected chi connectivity index (χ2v) is 4.85. The first-order valence-corrected chi connectivity index (χ1v) is 6.18. The summed E-state index contributed by atoms with van der Waals surface area (Å²) in [6.45, 7) is 5.05. The van der Waals surface area contributed by atoms with Gasteiger partial charge in [-0.3, -0.25) is 9.89 Å². The summed E-state index contributed by atoms with van der Waals surface area (Å²) in [6.07, 6.45) is 2.38. The van der Waals surface area contributed by atoms with Crippen LogP contribution >= 0.6 is 0 Å². The maximum atomic E-state index is 12.3. The lowest BCUT2D eigenvalue weighted by Crippen LogP contribution is -2.40. The molecule has 2 aliphatic rings. The van der Waals surface area contributed by atoms with E-state index in [9.17, 15) is 4.79 Å². The minimum Gasteiger partial charge on any atom is -0.332 e. The SMILES string of the molecule is CCC1C2CNCC2CN1C(=O)c1ncn[nH]1. The minimum atomic E-state index is -0.0104. The van der Waals surface area contributed by atoms with Gasteiger partial charge in [-0.25, -0.2) is 4.98 Å². The molecule has 17 heavy (non-hydrogen) atoms. The Labute approximate surface area is 99.8 Å². The van der Waals surface area contributed by atoms with E-state index in [1.807, 2.05) is 4.90 Å². The fourth-order valence-electron chi connectivity index (χ4n) is 3.22. The van der Waals surface area contributed by atoms with Gasteiger partial charge in [-0.05, 0) is 18.3 Å². The van der Waals surface area contributed by atoms with Crippen molar-refractivity contribution in [3.63, 3.8) is 0 Å². The monoisotopic (exact) mass is 235 g/mol. The highest BCUT2D eigenvalue weighted by Crippen LogP contribution is 2.34. The number of rotatable bonds is 2. The number of likely N-dealkylation sites (tertiary alicyclic amines) is 1. The molecule has 0 aliphatic carbocycles. The van der Waals surface area contributed by atoms with Crippen LogP contribution < -0.4 is 5.32 Å². The van der Waals surface area contributed by atoms with E-state index in [1.54, 1.807) is 0 Å². The average Bonchev–Trinajstić information content (AvgIpc) is 3.03. The van der Waals surface area contributed by atoms with Gasteiger partial charge in [-0.1, -0.05) is 6.92 Å². The van der Waals surface area contributed by atoms with E-state index in [1.165, 1.54) is 6.33 Å².